The molecule has 1 aliphatic heterocycles. The predicted octanol–water partition coefficient (Wildman–Crippen LogP) is 4.82. The van der Waals surface area contributed by atoms with E-state index in [1.54, 1.807) is 24.0 Å². The van der Waals surface area contributed by atoms with E-state index >= 15 is 0 Å². The Balaban J connectivity index is 1.60. The quantitative estimate of drug-likeness (QED) is 0.418. The normalized spacial score (nSPS) is 16.6. The van der Waals surface area contributed by atoms with Gasteiger partial charge in [0.15, 0.2) is 0 Å². The van der Waals surface area contributed by atoms with Gasteiger partial charge in [-0.25, -0.2) is 4.39 Å². The lowest BCUT2D eigenvalue weighted by molar-refractivity contribution is -0.137. The van der Waals surface area contributed by atoms with Crippen LogP contribution in [0.5, 0.6) is 0 Å². The molecule has 4 aromatic rings. The second-order valence-corrected chi connectivity index (χ2v) is 7.82. The van der Waals surface area contributed by atoms with Crippen molar-refractivity contribution in [1.82, 2.24) is 19.6 Å². The third kappa shape index (κ3) is 3.05. The van der Waals surface area contributed by atoms with Gasteiger partial charge in [0.2, 0.25) is 0 Å². The molecule has 0 unspecified atom stereocenters. The molecule has 3 heterocycles. The fourth-order valence-electron chi connectivity index (χ4n) is 4.09. The maximum Gasteiger partial charge on any atom is 0.416 e. The highest BCUT2D eigenvalue weighted by Crippen LogP contribution is 2.36. The number of alkyl halides is 3. The number of benzene rings is 2. The Morgan fingerprint density at radius 3 is 2.44 bits per heavy atom. The van der Waals surface area contributed by atoms with Crippen LogP contribution in [-0.4, -0.2) is 32.0 Å². The number of aromatic nitrogens is 4. The number of anilines is 1. The first-order valence-electron chi connectivity index (χ1n) is 9.83. The van der Waals surface area contributed by atoms with E-state index in [4.69, 9.17) is 0 Å². The molecule has 0 fully saturated rings. The summed E-state index contributed by atoms with van der Waals surface area (Å²) in [5.41, 5.74) is 0.935. The van der Waals surface area contributed by atoms with Crippen LogP contribution in [0, 0.1) is 5.82 Å². The van der Waals surface area contributed by atoms with E-state index in [9.17, 15) is 22.4 Å². The van der Waals surface area contributed by atoms with Gasteiger partial charge >= 0.3 is 6.18 Å². The van der Waals surface area contributed by atoms with Gasteiger partial charge in [-0.05, 0) is 43.3 Å². The number of rotatable bonds is 2. The van der Waals surface area contributed by atoms with Crippen molar-refractivity contribution in [1.29, 1.82) is 0 Å². The first kappa shape index (κ1) is 20.2. The van der Waals surface area contributed by atoms with Crippen molar-refractivity contribution in [2.75, 3.05) is 11.4 Å². The van der Waals surface area contributed by atoms with Gasteiger partial charge < -0.3 is 4.90 Å². The molecule has 32 heavy (non-hydrogen) atoms. The van der Waals surface area contributed by atoms with Gasteiger partial charge in [0.25, 0.3) is 5.91 Å². The number of nitrogens with zero attached hydrogens (tertiary/aromatic N) is 5. The smallest absolute Gasteiger partial charge is 0.305 e. The van der Waals surface area contributed by atoms with E-state index < -0.39 is 23.5 Å². The molecule has 2 aromatic carbocycles. The van der Waals surface area contributed by atoms with Crippen LogP contribution in [0.3, 0.4) is 0 Å². The van der Waals surface area contributed by atoms with Crippen molar-refractivity contribution in [3.8, 4) is 11.1 Å². The van der Waals surface area contributed by atoms with E-state index in [1.165, 1.54) is 34.0 Å². The molecular formula is C22H17F4N5O. The van der Waals surface area contributed by atoms with Gasteiger partial charge in [0.05, 0.1) is 29.5 Å². The van der Waals surface area contributed by atoms with Crippen molar-refractivity contribution in [2.24, 2.45) is 7.05 Å². The Morgan fingerprint density at radius 1 is 1.03 bits per heavy atom. The average molecular weight is 443 g/mol. The van der Waals surface area contributed by atoms with Crippen LogP contribution in [0.1, 0.15) is 29.0 Å². The first-order chi connectivity index (χ1) is 15.1. The zero-order valence-electron chi connectivity index (χ0n) is 17.1. The molecule has 1 atom stereocenters. The SMILES string of the molecule is C[C@H]1CN(c2ccc(C(F)(F)F)cc2)C(=O)c2c(-c3cc4c(cnn4C)cc3F)cnn21. The van der Waals surface area contributed by atoms with E-state index in [0.717, 1.165) is 12.1 Å². The number of fused-ring (bicyclic) bond motifs is 2. The number of hydrogen-bond donors (Lipinski definition) is 0. The molecule has 0 spiro atoms. The number of aryl methyl sites for hydroxylation is 1. The van der Waals surface area contributed by atoms with Crippen LogP contribution in [0.15, 0.2) is 48.8 Å². The van der Waals surface area contributed by atoms with Gasteiger partial charge in [0.1, 0.15) is 11.5 Å². The van der Waals surface area contributed by atoms with Crippen LogP contribution < -0.4 is 4.90 Å². The topological polar surface area (TPSA) is 56.0 Å². The molecule has 1 amide bonds. The summed E-state index contributed by atoms with van der Waals surface area (Å²) >= 11 is 0. The number of hydrogen-bond acceptors (Lipinski definition) is 3. The number of halogens is 4. The molecule has 0 aliphatic carbocycles. The highest BCUT2D eigenvalue weighted by Gasteiger charge is 2.35. The van der Waals surface area contributed by atoms with Crippen molar-refractivity contribution in [3.05, 3.63) is 65.9 Å². The Bertz CT molecular complexity index is 1350. The molecule has 164 valence electrons. The highest BCUT2D eigenvalue weighted by molar-refractivity contribution is 6.10. The third-order valence-electron chi connectivity index (χ3n) is 5.74. The summed E-state index contributed by atoms with van der Waals surface area (Å²) in [6.07, 6.45) is -1.47. The minimum Gasteiger partial charge on any atom is -0.305 e. The number of carbonyl (C=O) groups excluding carboxylic acids is 1. The summed E-state index contributed by atoms with van der Waals surface area (Å²) in [5, 5.41) is 9.05. The highest BCUT2D eigenvalue weighted by atomic mass is 19.4. The van der Waals surface area contributed by atoms with E-state index in [0.29, 0.717) is 22.2 Å². The Hall–Kier alpha value is -3.69. The lowest BCUT2D eigenvalue weighted by atomic mass is 10.0. The van der Waals surface area contributed by atoms with Crippen LogP contribution in [0.2, 0.25) is 0 Å². The molecular weight excluding hydrogens is 426 g/mol. The third-order valence-corrected chi connectivity index (χ3v) is 5.74. The van der Waals surface area contributed by atoms with Gasteiger partial charge in [-0.3, -0.25) is 14.2 Å². The van der Waals surface area contributed by atoms with Crippen molar-refractivity contribution in [3.63, 3.8) is 0 Å². The van der Waals surface area contributed by atoms with Gasteiger partial charge in [-0.2, -0.15) is 23.4 Å². The standard InChI is InChI=1S/C22H17F4N5O/c1-12-11-30(15-5-3-14(4-6-15)22(24,25)26)21(32)20-17(10-28-31(12)20)16-8-19-13(7-18(16)23)9-27-29(19)2/h3-10,12H,11H2,1-2H3/t12-/m0/s1. The molecule has 0 N–H and O–H groups in total. The Kier molecular flexibility index (Phi) is 4.37. The zero-order chi connectivity index (χ0) is 22.8. The van der Waals surface area contributed by atoms with Crippen molar-refractivity contribution < 1.29 is 22.4 Å². The average Bonchev–Trinajstić information content (AvgIpc) is 3.34. The summed E-state index contributed by atoms with van der Waals surface area (Å²) in [5.74, 6) is -0.978. The molecule has 0 saturated heterocycles. The van der Waals surface area contributed by atoms with Crippen LogP contribution in [0.4, 0.5) is 23.2 Å². The van der Waals surface area contributed by atoms with E-state index in [-0.39, 0.29) is 23.8 Å². The van der Waals surface area contributed by atoms with Gasteiger partial charge in [-0.15, -0.1) is 0 Å². The second kappa shape index (κ2) is 6.91. The molecule has 2 aromatic heterocycles. The van der Waals surface area contributed by atoms with Gasteiger partial charge in [0, 0.05) is 35.8 Å². The lowest BCUT2D eigenvalue weighted by Crippen LogP contribution is -2.42. The summed E-state index contributed by atoms with van der Waals surface area (Å²) in [4.78, 5) is 14.8. The maximum atomic E-state index is 15.0. The fraction of sp³-hybridized carbons (Fsp3) is 0.227. The van der Waals surface area contributed by atoms with Crippen molar-refractivity contribution >= 4 is 22.5 Å². The van der Waals surface area contributed by atoms with E-state index in [2.05, 4.69) is 10.2 Å². The molecule has 1 aliphatic rings. The minimum atomic E-state index is -4.47. The Morgan fingerprint density at radius 2 is 1.75 bits per heavy atom. The molecule has 0 radical (unpaired) electrons. The molecule has 0 saturated carbocycles. The predicted molar refractivity (Wildman–Crippen MR) is 110 cm³/mol. The number of carbonyl (C=O) groups is 1. The Labute approximate surface area is 179 Å². The van der Waals surface area contributed by atoms with Crippen LogP contribution in [-0.2, 0) is 13.2 Å². The maximum absolute atomic E-state index is 15.0. The van der Waals surface area contributed by atoms with Crippen LogP contribution >= 0.6 is 0 Å². The number of amides is 1. The summed E-state index contributed by atoms with van der Waals surface area (Å²) in [6, 6.07) is 7.12. The monoisotopic (exact) mass is 443 g/mol. The fourth-order valence-corrected chi connectivity index (χ4v) is 4.09. The summed E-state index contributed by atoms with van der Waals surface area (Å²) < 4.78 is 56.8. The molecule has 6 nitrogen and oxygen atoms in total. The molecule has 5 rings (SSSR count). The minimum absolute atomic E-state index is 0.184. The second-order valence-electron chi connectivity index (χ2n) is 7.82. The summed E-state index contributed by atoms with van der Waals surface area (Å²) in [7, 11) is 1.73. The largest absolute Gasteiger partial charge is 0.416 e. The zero-order valence-corrected chi connectivity index (χ0v) is 17.1. The molecule has 0 bridgehead atoms. The van der Waals surface area contributed by atoms with E-state index in [1.807, 2.05) is 6.92 Å². The van der Waals surface area contributed by atoms with Crippen LogP contribution in [0.25, 0.3) is 22.0 Å². The van der Waals surface area contributed by atoms with Gasteiger partial charge in [-0.1, -0.05) is 0 Å². The molecule has 10 heteroatoms. The first-order valence-corrected chi connectivity index (χ1v) is 9.83. The summed E-state index contributed by atoms with van der Waals surface area (Å²) in [6.45, 7) is 2.06. The lowest BCUT2D eigenvalue weighted by Gasteiger charge is -2.32. The van der Waals surface area contributed by atoms with Crippen molar-refractivity contribution in [2.45, 2.75) is 19.1 Å².